The molecule has 0 aliphatic heterocycles. The molecular weight excluding hydrogens is 534 g/mol. The molecule has 0 aromatic heterocycles. The third-order valence-corrected chi connectivity index (χ3v) is 6.49. The fourth-order valence-electron chi connectivity index (χ4n) is 3.98. The highest BCUT2D eigenvalue weighted by atomic mass is 79.9. The predicted octanol–water partition coefficient (Wildman–Crippen LogP) is 10.0. The average molecular weight is 555 g/mol. The van der Waals surface area contributed by atoms with Gasteiger partial charge in [0.2, 0.25) is 0 Å². The van der Waals surface area contributed by atoms with Crippen LogP contribution in [0.1, 0.15) is 0 Å². The second-order valence-electron chi connectivity index (χ2n) is 7.79. The molecule has 0 unspecified atom stereocenters. The van der Waals surface area contributed by atoms with Crippen molar-refractivity contribution in [2.24, 2.45) is 0 Å². The molecule has 0 radical (unpaired) electrons. The van der Waals surface area contributed by atoms with Crippen molar-refractivity contribution < 1.29 is 0 Å². The van der Waals surface area contributed by atoms with Crippen LogP contribution in [0.2, 0.25) is 0 Å². The SMILES string of the molecule is Brc1cc(Br)cc(N(c2ccc(-c3ccccc3)cc2)c2ccc(-c3ccccc3)cc2)c1. The quantitative estimate of drug-likeness (QED) is 0.209. The summed E-state index contributed by atoms with van der Waals surface area (Å²) in [5.74, 6) is 0. The Labute approximate surface area is 211 Å². The first-order valence-corrected chi connectivity index (χ1v) is 12.3. The van der Waals surface area contributed by atoms with Gasteiger partial charge in [-0.15, -0.1) is 0 Å². The van der Waals surface area contributed by atoms with E-state index < -0.39 is 0 Å². The summed E-state index contributed by atoms with van der Waals surface area (Å²) in [6.45, 7) is 0. The van der Waals surface area contributed by atoms with E-state index in [-0.39, 0.29) is 0 Å². The van der Waals surface area contributed by atoms with E-state index in [9.17, 15) is 0 Å². The smallest absolute Gasteiger partial charge is 0.0484 e. The lowest BCUT2D eigenvalue weighted by atomic mass is 10.0. The third-order valence-electron chi connectivity index (χ3n) is 5.57. The first-order chi connectivity index (χ1) is 16.2. The van der Waals surface area contributed by atoms with E-state index in [0.29, 0.717) is 0 Å². The average Bonchev–Trinajstić information content (AvgIpc) is 2.86. The van der Waals surface area contributed by atoms with E-state index >= 15 is 0 Å². The Morgan fingerprint density at radius 2 is 0.727 bits per heavy atom. The zero-order valence-electron chi connectivity index (χ0n) is 17.8. The molecule has 1 nitrogen and oxygen atoms in total. The summed E-state index contributed by atoms with van der Waals surface area (Å²) in [6.07, 6.45) is 0. The van der Waals surface area contributed by atoms with Crippen molar-refractivity contribution in [3.63, 3.8) is 0 Å². The molecule has 5 rings (SSSR count). The molecule has 160 valence electrons. The van der Waals surface area contributed by atoms with Gasteiger partial charge in [0.15, 0.2) is 0 Å². The Balaban J connectivity index is 1.57. The molecule has 0 aliphatic carbocycles. The van der Waals surface area contributed by atoms with Crippen LogP contribution in [0.4, 0.5) is 17.1 Å². The van der Waals surface area contributed by atoms with Crippen molar-refractivity contribution in [3.05, 3.63) is 136 Å². The van der Waals surface area contributed by atoms with Crippen molar-refractivity contribution in [2.45, 2.75) is 0 Å². The molecule has 5 aromatic rings. The lowest BCUT2D eigenvalue weighted by molar-refractivity contribution is 1.28. The monoisotopic (exact) mass is 553 g/mol. The van der Waals surface area contributed by atoms with Crippen LogP contribution in [-0.4, -0.2) is 0 Å². The van der Waals surface area contributed by atoms with Crippen molar-refractivity contribution in [1.29, 1.82) is 0 Å². The minimum atomic E-state index is 1.03. The molecule has 0 heterocycles. The van der Waals surface area contributed by atoms with Gasteiger partial charge in [-0.3, -0.25) is 0 Å². The van der Waals surface area contributed by atoms with Gasteiger partial charge in [-0.1, -0.05) is 117 Å². The normalized spacial score (nSPS) is 10.7. The van der Waals surface area contributed by atoms with Crippen LogP contribution in [-0.2, 0) is 0 Å². The molecule has 0 atom stereocenters. The number of rotatable bonds is 5. The first-order valence-electron chi connectivity index (χ1n) is 10.7. The number of nitrogens with zero attached hydrogens (tertiary/aromatic N) is 1. The molecule has 0 bridgehead atoms. The van der Waals surface area contributed by atoms with E-state index in [1.165, 1.54) is 22.3 Å². The molecule has 0 saturated carbocycles. The Bertz CT molecular complexity index is 1240. The maximum atomic E-state index is 3.65. The number of halogens is 2. The second kappa shape index (κ2) is 9.78. The van der Waals surface area contributed by atoms with E-state index in [1.54, 1.807) is 0 Å². The summed E-state index contributed by atoms with van der Waals surface area (Å²) < 4.78 is 2.05. The van der Waals surface area contributed by atoms with Crippen molar-refractivity contribution in [2.75, 3.05) is 4.90 Å². The van der Waals surface area contributed by atoms with Crippen LogP contribution in [0.3, 0.4) is 0 Å². The summed E-state index contributed by atoms with van der Waals surface area (Å²) >= 11 is 7.31. The summed E-state index contributed by atoms with van der Waals surface area (Å²) in [5, 5.41) is 0. The summed E-state index contributed by atoms with van der Waals surface area (Å²) in [6, 6.07) is 44.7. The van der Waals surface area contributed by atoms with Crippen molar-refractivity contribution >= 4 is 48.9 Å². The standard InChI is InChI=1S/C30H21Br2N/c31-26-19-27(32)21-30(20-26)33(28-15-11-24(12-16-28)22-7-3-1-4-8-22)29-17-13-25(14-18-29)23-9-5-2-6-10-23/h1-21H. The van der Waals surface area contributed by atoms with Gasteiger partial charge < -0.3 is 4.90 Å². The summed E-state index contributed by atoms with van der Waals surface area (Å²) in [7, 11) is 0. The Morgan fingerprint density at radius 1 is 0.364 bits per heavy atom. The Morgan fingerprint density at radius 3 is 1.12 bits per heavy atom. The third kappa shape index (κ3) is 4.95. The van der Waals surface area contributed by atoms with Crippen LogP contribution < -0.4 is 4.90 Å². The molecule has 0 aliphatic rings. The van der Waals surface area contributed by atoms with Gasteiger partial charge in [0.1, 0.15) is 0 Å². The maximum absolute atomic E-state index is 3.65. The van der Waals surface area contributed by atoms with Crippen LogP contribution in [0.5, 0.6) is 0 Å². The summed E-state index contributed by atoms with van der Waals surface area (Å²) in [5.41, 5.74) is 8.12. The van der Waals surface area contributed by atoms with Crippen LogP contribution in [0.15, 0.2) is 136 Å². The number of anilines is 3. The van der Waals surface area contributed by atoms with Gasteiger partial charge in [-0.25, -0.2) is 0 Å². The minimum Gasteiger partial charge on any atom is -0.310 e. The zero-order chi connectivity index (χ0) is 22.6. The van der Waals surface area contributed by atoms with Gasteiger partial charge in [0.25, 0.3) is 0 Å². The van der Waals surface area contributed by atoms with Gasteiger partial charge >= 0.3 is 0 Å². The number of benzene rings is 5. The largest absolute Gasteiger partial charge is 0.310 e. The highest BCUT2D eigenvalue weighted by Gasteiger charge is 2.14. The molecule has 0 spiro atoms. The van der Waals surface area contributed by atoms with Gasteiger partial charge in [-0.2, -0.15) is 0 Å². The van der Waals surface area contributed by atoms with E-state index in [0.717, 1.165) is 26.0 Å². The minimum absolute atomic E-state index is 1.03. The molecule has 0 N–H and O–H groups in total. The zero-order valence-corrected chi connectivity index (χ0v) is 21.0. The fourth-order valence-corrected chi connectivity index (χ4v) is 5.25. The molecular formula is C30H21Br2N. The van der Waals surface area contributed by atoms with Crippen LogP contribution >= 0.6 is 31.9 Å². The summed E-state index contributed by atoms with van der Waals surface area (Å²) in [4.78, 5) is 2.28. The molecule has 3 heteroatoms. The topological polar surface area (TPSA) is 3.24 Å². The first kappa shape index (κ1) is 21.7. The van der Waals surface area contributed by atoms with E-state index in [1.807, 2.05) is 12.1 Å². The fraction of sp³-hybridized carbons (Fsp3) is 0. The van der Waals surface area contributed by atoms with E-state index in [2.05, 4.69) is 152 Å². The van der Waals surface area contributed by atoms with Gasteiger partial charge in [0.05, 0.1) is 0 Å². The van der Waals surface area contributed by atoms with Gasteiger partial charge in [-0.05, 0) is 64.7 Å². The van der Waals surface area contributed by atoms with Crippen LogP contribution in [0.25, 0.3) is 22.3 Å². The molecule has 0 fully saturated rings. The number of hydrogen-bond acceptors (Lipinski definition) is 1. The van der Waals surface area contributed by atoms with Crippen LogP contribution in [0, 0.1) is 0 Å². The van der Waals surface area contributed by atoms with Crippen molar-refractivity contribution in [3.8, 4) is 22.3 Å². The molecule has 33 heavy (non-hydrogen) atoms. The second-order valence-corrected chi connectivity index (χ2v) is 9.62. The van der Waals surface area contributed by atoms with Gasteiger partial charge in [0, 0.05) is 26.0 Å². The predicted molar refractivity (Wildman–Crippen MR) is 147 cm³/mol. The lowest BCUT2D eigenvalue weighted by Crippen LogP contribution is -2.10. The Kier molecular flexibility index (Phi) is 6.43. The van der Waals surface area contributed by atoms with Crippen molar-refractivity contribution in [1.82, 2.24) is 0 Å². The Hall–Kier alpha value is -3.14. The lowest BCUT2D eigenvalue weighted by Gasteiger charge is -2.26. The molecule has 0 amide bonds. The highest BCUT2D eigenvalue weighted by Crippen LogP contribution is 2.39. The highest BCUT2D eigenvalue weighted by molar-refractivity contribution is 9.11. The maximum Gasteiger partial charge on any atom is 0.0484 e. The van der Waals surface area contributed by atoms with E-state index in [4.69, 9.17) is 0 Å². The number of hydrogen-bond donors (Lipinski definition) is 0. The molecule has 5 aromatic carbocycles. The molecule has 0 saturated heterocycles.